The molecule has 8 rings (SSSR count). The summed E-state index contributed by atoms with van der Waals surface area (Å²) in [6.45, 7) is 13.7. The van der Waals surface area contributed by atoms with Crippen LogP contribution < -0.4 is 45.5 Å². The van der Waals surface area contributed by atoms with Crippen molar-refractivity contribution in [1.82, 2.24) is 30.7 Å². The number of unbranched alkanes of at least 4 members (excludes halogenated alkanes) is 2. The average Bonchev–Trinajstić information content (AvgIpc) is 3.33. The third-order valence-electron chi connectivity index (χ3n) is 15.6. The first kappa shape index (κ1) is 62.4. The average molecular weight is 1170 g/mol. The minimum absolute atomic E-state index is 0.00349. The topological polar surface area (TPSA) is 282 Å². The van der Waals surface area contributed by atoms with Crippen LogP contribution in [0.1, 0.15) is 126 Å². The molecular weight excluding hydrogens is 1090 g/mol. The van der Waals surface area contributed by atoms with Crippen molar-refractivity contribution in [2.75, 3.05) is 64.3 Å². The van der Waals surface area contributed by atoms with E-state index in [0.717, 1.165) is 28.9 Å². The zero-order valence-electron chi connectivity index (χ0n) is 49.7. The van der Waals surface area contributed by atoms with Gasteiger partial charge in [0, 0.05) is 74.9 Å². The molecular formula is C62H77N9O14. The van der Waals surface area contributed by atoms with E-state index in [1.54, 1.807) is 87.0 Å². The van der Waals surface area contributed by atoms with Gasteiger partial charge in [-0.3, -0.25) is 53.0 Å². The van der Waals surface area contributed by atoms with Gasteiger partial charge in [0.2, 0.25) is 29.5 Å². The van der Waals surface area contributed by atoms with Gasteiger partial charge < -0.3 is 60.1 Å². The van der Waals surface area contributed by atoms with Crippen LogP contribution in [0.4, 0.5) is 17.1 Å². The fraction of sp³-hybridized carbons (Fsp3) is 0.484. The highest BCUT2D eigenvalue weighted by molar-refractivity contribution is 6.13. The van der Waals surface area contributed by atoms with Gasteiger partial charge in [0.1, 0.15) is 18.1 Å². The van der Waals surface area contributed by atoms with E-state index in [1.807, 2.05) is 32.2 Å². The number of rotatable bonds is 27. The first-order chi connectivity index (χ1) is 40.5. The number of nitrogens with one attached hydrogen (secondary N) is 5. The van der Waals surface area contributed by atoms with Gasteiger partial charge in [0.25, 0.3) is 23.6 Å². The van der Waals surface area contributed by atoms with Crippen molar-refractivity contribution in [3.8, 4) is 23.0 Å². The van der Waals surface area contributed by atoms with Crippen LogP contribution in [0.2, 0.25) is 0 Å². The van der Waals surface area contributed by atoms with Crippen LogP contribution in [0.15, 0.2) is 71.9 Å². The molecule has 0 radical (unpaired) electrons. The second kappa shape index (κ2) is 27.0. The molecule has 1 fully saturated rings. The number of carbonyl (C=O) groups excluding carboxylic acids is 9. The Labute approximate surface area is 494 Å². The second-order valence-corrected chi connectivity index (χ2v) is 23.3. The van der Waals surface area contributed by atoms with Crippen LogP contribution >= 0.6 is 0 Å². The van der Waals surface area contributed by atoms with Crippen LogP contribution in [-0.4, -0.2) is 158 Å². The maximum absolute atomic E-state index is 14.1. The highest BCUT2D eigenvalue weighted by Crippen LogP contribution is 2.41. The summed E-state index contributed by atoms with van der Waals surface area (Å²) in [6, 6.07) is 11.0. The maximum atomic E-state index is 14.1. The number of methoxy groups -OCH3 is 2. The quantitative estimate of drug-likeness (QED) is 0.0427. The number of imide groups is 1. The lowest BCUT2D eigenvalue weighted by Gasteiger charge is -2.33. The van der Waals surface area contributed by atoms with Crippen LogP contribution in [0, 0.1) is 11.3 Å². The minimum atomic E-state index is -1.07. The Kier molecular flexibility index (Phi) is 19.8. The summed E-state index contributed by atoms with van der Waals surface area (Å²) in [5.74, 6) is -1.98. The predicted molar refractivity (Wildman–Crippen MR) is 316 cm³/mol. The molecule has 0 spiro atoms. The maximum Gasteiger partial charge on any atom is 0.260 e. The van der Waals surface area contributed by atoms with Crippen LogP contribution in [0.3, 0.4) is 0 Å². The molecule has 5 aliphatic rings. The lowest BCUT2D eigenvalue weighted by atomic mass is 9.91. The van der Waals surface area contributed by atoms with E-state index in [4.69, 9.17) is 28.7 Å². The molecule has 5 aliphatic heterocycles. The standard InChI is InChI=1S/C62H77N9O14/c1-36(2)54(68-60(80)61(4,5)35-85-62(6,7)22-23-63-51(72)21-25-70-52(73)19-20-53(70)74)57(77)65-37(3)55(75)66-40-17-15-38(16-18-40)39-28-41-33-64-44-31-49(47(81-8)29-42(44)59(79)71(41)34-39)83-26-11-10-12-27-84-50-32-45-43(30-48(50)82-9)58(78)69-24-13-14-46(69)56(76)67-45/h15-20,29-34,36-37,41,46,54H,10-14,21-28,35H2,1-9H3,(H,63,72)(H,65,77)(H,66,75)(H,67,76)(H,68,80). The van der Waals surface area contributed by atoms with Crippen molar-refractivity contribution in [2.45, 2.75) is 130 Å². The monoisotopic (exact) mass is 1170 g/mol. The molecule has 0 aromatic heterocycles. The molecule has 23 nitrogen and oxygen atoms in total. The minimum Gasteiger partial charge on any atom is -0.493 e. The Balaban J connectivity index is 0.764. The zero-order chi connectivity index (χ0) is 61.3. The Hall–Kier alpha value is -8.60. The molecule has 0 saturated carbocycles. The number of fused-ring (bicyclic) bond motifs is 4. The van der Waals surface area contributed by atoms with E-state index in [1.165, 1.54) is 26.4 Å². The highest BCUT2D eigenvalue weighted by Gasteiger charge is 2.40. The summed E-state index contributed by atoms with van der Waals surface area (Å²) in [5, 5.41) is 14.1. The Morgan fingerprint density at radius 2 is 1.45 bits per heavy atom. The predicted octanol–water partition coefficient (Wildman–Crippen LogP) is 6.09. The normalized spacial score (nSPS) is 17.9. The summed E-state index contributed by atoms with van der Waals surface area (Å²) in [5.41, 5.74) is 1.97. The van der Waals surface area contributed by atoms with E-state index in [2.05, 4.69) is 26.6 Å². The molecule has 4 atom stereocenters. The van der Waals surface area contributed by atoms with Crippen molar-refractivity contribution in [1.29, 1.82) is 0 Å². The smallest absolute Gasteiger partial charge is 0.260 e. The number of benzene rings is 3. The first-order valence-electron chi connectivity index (χ1n) is 28.8. The molecule has 5 heterocycles. The zero-order valence-corrected chi connectivity index (χ0v) is 49.7. The third-order valence-corrected chi connectivity index (χ3v) is 15.6. The summed E-state index contributed by atoms with van der Waals surface area (Å²) in [7, 11) is 3.02. The fourth-order valence-corrected chi connectivity index (χ4v) is 10.3. The molecule has 3 aromatic rings. The van der Waals surface area contributed by atoms with E-state index in [0.29, 0.717) is 103 Å². The molecule has 23 heteroatoms. The number of aliphatic imine (C=N–C) groups is 1. The summed E-state index contributed by atoms with van der Waals surface area (Å²) in [4.78, 5) is 126. The molecule has 0 bridgehead atoms. The Bertz CT molecular complexity index is 3170. The van der Waals surface area contributed by atoms with Gasteiger partial charge in [-0.15, -0.1) is 0 Å². The Morgan fingerprint density at radius 1 is 0.788 bits per heavy atom. The van der Waals surface area contributed by atoms with Gasteiger partial charge >= 0.3 is 0 Å². The van der Waals surface area contributed by atoms with E-state index in [9.17, 15) is 43.2 Å². The van der Waals surface area contributed by atoms with Gasteiger partial charge in [0.05, 0.1) is 73.6 Å². The number of carbonyl (C=O) groups is 9. The first-order valence-corrected chi connectivity index (χ1v) is 28.8. The summed E-state index contributed by atoms with van der Waals surface area (Å²) in [6.07, 6.45) is 10.3. The number of anilines is 2. The van der Waals surface area contributed by atoms with Crippen LogP contribution in [-0.2, 0) is 38.3 Å². The second-order valence-electron chi connectivity index (χ2n) is 23.3. The van der Waals surface area contributed by atoms with E-state index >= 15 is 0 Å². The lowest BCUT2D eigenvalue weighted by Crippen LogP contribution is -2.56. The molecule has 85 heavy (non-hydrogen) atoms. The number of nitrogens with zero attached hydrogens (tertiary/aromatic N) is 4. The number of amides is 9. The van der Waals surface area contributed by atoms with Gasteiger partial charge in [-0.2, -0.15) is 0 Å². The fourth-order valence-electron chi connectivity index (χ4n) is 10.3. The van der Waals surface area contributed by atoms with Crippen LogP contribution in [0.5, 0.6) is 23.0 Å². The third kappa shape index (κ3) is 15.0. The van der Waals surface area contributed by atoms with Crippen molar-refractivity contribution < 1.29 is 66.8 Å². The molecule has 454 valence electrons. The van der Waals surface area contributed by atoms with Gasteiger partial charge in [-0.05, 0) is 114 Å². The molecule has 1 saturated heterocycles. The van der Waals surface area contributed by atoms with Crippen molar-refractivity contribution in [3.63, 3.8) is 0 Å². The van der Waals surface area contributed by atoms with Gasteiger partial charge in [-0.25, -0.2) is 0 Å². The van der Waals surface area contributed by atoms with Gasteiger partial charge in [0.15, 0.2) is 23.0 Å². The van der Waals surface area contributed by atoms with Crippen molar-refractivity contribution in [3.05, 3.63) is 83.6 Å². The summed E-state index contributed by atoms with van der Waals surface area (Å²) >= 11 is 0. The lowest BCUT2D eigenvalue weighted by molar-refractivity contribution is -0.141. The van der Waals surface area contributed by atoms with Gasteiger partial charge in [-0.1, -0.05) is 26.0 Å². The van der Waals surface area contributed by atoms with Crippen molar-refractivity contribution in [2.24, 2.45) is 16.3 Å². The molecule has 4 unspecified atom stereocenters. The molecule has 0 aliphatic carbocycles. The SMILES string of the molecule is COc1cc2c(cc1OCCCCCOc1cc3c(cc1OC)C(=O)N1CCCC1C(=O)N3)N=CC1CC(c3ccc(NC(=O)C(C)NC(=O)C(NC(=O)C(C)(C)COC(C)(C)CCNC(=O)CCN4C(=O)C=CC4=O)C(C)C)cc3)=CN1C2=O. The highest BCUT2D eigenvalue weighted by atomic mass is 16.5. The van der Waals surface area contributed by atoms with E-state index in [-0.39, 0.29) is 61.7 Å². The largest absolute Gasteiger partial charge is 0.493 e. The molecule has 5 N–H and O–H groups in total. The number of hydrogen-bond acceptors (Lipinski definition) is 15. The van der Waals surface area contributed by atoms with E-state index < -0.39 is 58.7 Å². The van der Waals surface area contributed by atoms with Crippen molar-refractivity contribution >= 4 is 82.0 Å². The van der Waals surface area contributed by atoms with Crippen LogP contribution in [0.25, 0.3) is 5.57 Å². The number of hydrogen-bond donors (Lipinski definition) is 5. The molecule has 3 aromatic carbocycles. The molecule has 9 amide bonds. The Morgan fingerprint density at radius 3 is 2.11 bits per heavy atom. The summed E-state index contributed by atoms with van der Waals surface area (Å²) < 4.78 is 29.6. The number of ether oxygens (including phenoxy) is 5.